The summed E-state index contributed by atoms with van der Waals surface area (Å²) in [6.45, 7) is 1.97. The highest BCUT2D eigenvalue weighted by atomic mass is 79.9. The molecule has 4 nitrogen and oxygen atoms in total. The molecule has 0 saturated carbocycles. The van der Waals surface area contributed by atoms with E-state index in [1.54, 1.807) is 12.5 Å². The zero-order valence-corrected chi connectivity index (χ0v) is 10.8. The van der Waals surface area contributed by atoms with Crippen molar-refractivity contribution in [1.82, 2.24) is 9.97 Å². The zero-order chi connectivity index (χ0) is 11.5. The van der Waals surface area contributed by atoms with Crippen molar-refractivity contribution in [1.29, 1.82) is 0 Å². The van der Waals surface area contributed by atoms with Crippen molar-refractivity contribution in [2.75, 3.05) is 5.32 Å². The van der Waals surface area contributed by atoms with Crippen molar-refractivity contribution in [2.45, 2.75) is 13.0 Å². The number of anilines is 1. The van der Waals surface area contributed by atoms with Crippen LogP contribution in [0.25, 0.3) is 0 Å². The molecule has 1 atom stereocenters. The summed E-state index contributed by atoms with van der Waals surface area (Å²) in [7, 11) is 0. The molecule has 0 aromatic carbocycles. The van der Waals surface area contributed by atoms with Crippen LogP contribution in [-0.2, 0) is 0 Å². The van der Waals surface area contributed by atoms with E-state index in [1.807, 2.05) is 19.1 Å². The largest absolute Gasteiger partial charge is 0.467 e. The highest BCUT2D eigenvalue weighted by Crippen LogP contribution is 2.25. The Labute approximate surface area is 106 Å². The number of rotatable bonds is 3. The molecule has 84 valence electrons. The second kappa shape index (κ2) is 4.84. The molecule has 2 aromatic rings. The summed E-state index contributed by atoms with van der Waals surface area (Å²) in [5, 5.41) is 3.38. The molecule has 1 N–H and O–H groups in total. The van der Waals surface area contributed by atoms with Crippen LogP contribution in [0.4, 0.5) is 5.82 Å². The molecule has 2 aromatic heterocycles. The summed E-state index contributed by atoms with van der Waals surface area (Å²) in [5.41, 5.74) is 0. The molecule has 0 aliphatic carbocycles. The number of hydrogen-bond acceptors (Lipinski definition) is 4. The third-order valence-electron chi connectivity index (χ3n) is 2.04. The highest BCUT2D eigenvalue weighted by molar-refractivity contribution is 9.10. The fourth-order valence-corrected chi connectivity index (χ4v) is 1.70. The maximum atomic E-state index is 5.72. The minimum atomic E-state index is 0.0114. The fraction of sp³-hybridized carbons (Fsp3) is 0.200. The minimum Gasteiger partial charge on any atom is -0.467 e. The molecule has 2 rings (SSSR count). The first-order valence-electron chi connectivity index (χ1n) is 4.65. The normalized spacial score (nSPS) is 12.4. The van der Waals surface area contributed by atoms with Crippen LogP contribution in [0.5, 0.6) is 0 Å². The molecule has 0 fully saturated rings. The molecule has 0 amide bonds. The summed E-state index contributed by atoms with van der Waals surface area (Å²) in [5.74, 6) is 1.48. The second-order valence-electron chi connectivity index (χ2n) is 3.22. The highest BCUT2D eigenvalue weighted by Gasteiger charge is 2.11. The van der Waals surface area contributed by atoms with E-state index in [2.05, 4.69) is 31.2 Å². The van der Waals surface area contributed by atoms with E-state index in [0.717, 1.165) is 10.2 Å². The van der Waals surface area contributed by atoms with Crippen LogP contribution >= 0.6 is 27.5 Å². The van der Waals surface area contributed by atoms with Crippen molar-refractivity contribution < 1.29 is 4.42 Å². The molecular formula is C10H9BrClN3O. The van der Waals surface area contributed by atoms with Gasteiger partial charge in [0.15, 0.2) is 0 Å². The topological polar surface area (TPSA) is 51.0 Å². The molecule has 0 saturated heterocycles. The molecule has 0 radical (unpaired) electrons. The quantitative estimate of drug-likeness (QED) is 0.879. The number of halogens is 2. The average molecular weight is 303 g/mol. The van der Waals surface area contributed by atoms with Crippen molar-refractivity contribution in [3.05, 3.63) is 40.1 Å². The van der Waals surface area contributed by atoms with Gasteiger partial charge in [0.05, 0.1) is 16.8 Å². The van der Waals surface area contributed by atoms with E-state index in [-0.39, 0.29) is 11.3 Å². The summed E-state index contributed by atoms with van der Waals surface area (Å²) >= 11 is 9.06. The fourth-order valence-electron chi connectivity index (χ4n) is 1.26. The maximum Gasteiger partial charge on any atom is 0.224 e. The van der Waals surface area contributed by atoms with E-state index < -0.39 is 0 Å². The number of hydrogen-bond donors (Lipinski definition) is 1. The van der Waals surface area contributed by atoms with Gasteiger partial charge in [0.2, 0.25) is 5.28 Å². The van der Waals surface area contributed by atoms with Crippen LogP contribution < -0.4 is 5.32 Å². The van der Waals surface area contributed by atoms with Crippen molar-refractivity contribution in [2.24, 2.45) is 0 Å². The van der Waals surface area contributed by atoms with Gasteiger partial charge in [-0.05, 0) is 46.6 Å². The Kier molecular flexibility index (Phi) is 3.46. The van der Waals surface area contributed by atoms with E-state index in [0.29, 0.717) is 5.82 Å². The Hall–Kier alpha value is -1.07. The standard InChI is InChI=1S/C10H9BrClN3O/c1-6(8-3-2-4-16-8)14-9-7(11)5-13-10(12)15-9/h2-6H,1H3,(H,13,14,15). The first kappa shape index (κ1) is 11.4. The first-order chi connectivity index (χ1) is 7.66. The predicted octanol–water partition coefficient (Wildman–Crippen LogP) is 3.66. The molecule has 0 aliphatic heterocycles. The molecule has 1 unspecified atom stereocenters. The van der Waals surface area contributed by atoms with Crippen molar-refractivity contribution in [3.63, 3.8) is 0 Å². The van der Waals surface area contributed by atoms with E-state index in [1.165, 1.54) is 0 Å². The summed E-state index contributed by atoms with van der Waals surface area (Å²) in [4.78, 5) is 7.93. The minimum absolute atomic E-state index is 0.0114. The number of furan rings is 1. The van der Waals surface area contributed by atoms with Crippen molar-refractivity contribution >= 4 is 33.3 Å². The zero-order valence-electron chi connectivity index (χ0n) is 8.45. The summed E-state index contributed by atoms with van der Waals surface area (Å²) < 4.78 is 6.04. The lowest BCUT2D eigenvalue weighted by molar-refractivity contribution is 0.490. The number of aromatic nitrogens is 2. The lowest BCUT2D eigenvalue weighted by Gasteiger charge is -2.12. The van der Waals surface area contributed by atoms with Gasteiger partial charge in [-0.15, -0.1) is 0 Å². The second-order valence-corrected chi connectivity index (χ2v) is 4.41. The van der Waals surface area contributed by atoms with Gasteiger partial charge in [-0.3, -0.25) is 0 Å². The van der Waals surface area contributed by atoms with Gasteiger partial charge in [0.1, 0.15) is 11.6 Å². The third-order valence-corrected chi connectivity index (χ3v) is 2.80. The van der Waals surface area contributed by atoms with Crippen LogP contribution in [0.1, 0.15) is 18.7 Å². The smallest absolute Gasteiger partial charge is 0.224 e. The monoisotopic (exact) mass is 301 g/mol. The molecule has 2 heterocycles. The number of nitrogens with zero attached hydrogens (tertiary/aromatic N) is 2. The predicted molar refractivity (Wildman–Crippen MR) is 65.5 cm³/mol. The van der Waals surface area contributed by atoms with E-state index in [9.17, 15) is 0 Å². The summed E-state index contributed by atoms with van der Waals surface area (Å²) in [6, 6.07) is 3.75. The first-order valence-corrected chi connectivity index (χ1v) is 5.82. The molecule has 0 spiro atoms. The van der Waals surface area contributed by atoms with Crippen molar-refractivity contribution in [3.8, 4) is 0 Å². The summed E-state index contributed by atoms with van der Waals surface area (Å²) in [6.07, 6.45) is 3.24. The lowest BCUT2D eigenvalue weighted by atomic mass is 10.2. The van der Waals surface area contributed by atoms with E-state index in [4.69, 9.17) is 16.0 Å². The third kappa shape index (κ3) is 2.54. The average Bonchev–Trinajstić information content (AvgIpc) is 2.76. The van der Waals surface area contributed by atoms with Gasteiger partial charge in [0.25, 0.3) is 0 Å². The lowest BCUT2D eigenvalue weighted by Crippen LogP contribution is -2.08. The van der Waals surface area contributed by atoms with Gasteiger partial charge in [-0.25, -0.2) is 4.98 Å². The Morgan fingerprint density at radius 1 is 1.56 bits per heavy atom. The van der Waals surface area contributed by atoms with Gasteiger partial charge in [-0.1, -0.05) is 0 Å². The molecule has 0 bridgehead atoms. The van der Waals surface area contributed by atoms with Crippen LogP contribution in [-0.4, -0.2) is 9.97 Å². The Bertz CT molecular complexity index is 475. The Balaban J connectivity index is 2.17. The van der Waals surface area contributed by atoms with Gasteiger partial charge in [-0.2, -0.15) is 4.98 Å². The van der Waals surface area contributed by atoms with Crippen LogP contribution in [0.2, 0.25) is 5.28 Å². The molecule has 16 heavy (non-hydrogen) atoms. The Morgan fingerprint density at radius 3 is 3.06 bits per heavy atom. The van der Waals surface area contributed by atoms with E-state index >= 15 is 0 Å². The van der Waals surface area contributed by atoms with Gasteiger partial charge < -0.3 is 9.73 Å². The van der Waals surface area contributed by atoms with Crippen LogP contribution in [0.3, 0.4) is 0 Å². The van der Waals surface area contributed by atoms with Gasteiger partial charge >= 0.3 is 0 Å². The van der Waals surface area contributed by atoms with Gasteiger partial charge in [0, 0.05) is 6.20 Å². The molecular weight excluding hydrogens is 293 g/mol. The van der Waals surface area contributed by atoms with Crippen LogP contribution in [0.15, 0.2) is 33.5 Å². The number of nitrogens with one attached hydrogen (secondary N) is 1. The maximum absolute atomic E-state index is 5.72. The Morgan fingerprint density at radius 2 is 2.38 bits per heavy atom. The molecule has 0 aliphatic rings. The van der Waals surface area contributed by atoms with Crippen LogP contribution in [0, 0.1) is 0 Å². The molecule has 6 heteroatoms. The SMILES string of the molecule is CC(Nc1nc(Cl)ncc1Br)c1ccco1.